The van der Waals surface area contributed by atoms with Crippen molar-refractivity contribution in [2.45, 2.75) is 11.8 Å². The molecule has 0 radical (unpaired) electrons. The van der Waals surface area contributed by atoms with E-state index >= 15 is 0 Å². The van der Waals surface area contributed by atoms with Crippen molar-refractivity contribution in [2.75, 3.05) is 0 Å². The average Bonchev–Trinajstić information content (AvgIpc) is 2.86. The molecule has 3 aromatic rings. The van der Waals surface area contributed by atoms with Crippen LogP contribution in [0.25, 0.3) is 10.1 Å². The Morgan fingerprint density at radius 1 is 1.20 bits per heavy atom. The molecule has 2 aromatic carbocycles. The zero-order valence-electron chi connectivity index (χ0n) is 10.7. The molecule has 102 valence electrons. The van der Waals surface area contributed by atoms with Gasteiger partial charge in [0.05, 0.1) is 4.83 Å². The van der Waals surface area contributed by atoms with Gasteiger partial charge in [0.2, 0.25) is 0 Å². The number of rotatable bonds is 2. The molecule has 20 heavy (non-hydrogen) atoms. The van der Waals surface area contributed by atoms with E-state index < -0.39 is 0 Å². The zero-order valence-corrected chi connectivity index (χ0v) is 15.4. The number of aryl methyl sites for hydroxylation is 1. The van der Waals surface area contributed by atoms with E-state index in [4.69, 9.17) is 11.6 Å². The molecule has 1 aromatic heterocycles. The first kappa shape index (κ1) is 14.6. The molecule has 1 unspecified atom stereocenters. The maximum absolute atomic E-state index is 6.11. The van der Waals surface area contributed by atoms with E-state index in [0.717, 1.165) is 15.1 Å². The molecule has 0 fully saturated rings. The molecule has 0 bridgehead atoms. The van der Waals surface area contributed by atoms with Crippen molar-refractivity contribution in [3.63, 3.8) is 0 Å². The monoisotopic (exact) mass is 428 g/mol. The molecule has 0 spiro atoms. The Kier molecular flexibility index (Phi) is 4.23. The smallest absolute Gasteiger partial charge is 0.0658 e. The van der Waals surface area contributed by atoms with Crippen LogP contribution >= 0.6 is 54.8 Å². The van der Waals surface area contributed by atoms with Crippen molar-refractivity contribution in [3.8, 4) is 0 Å². The van der Waals surface area contributed by atoms with Crippen molar-refractivity contribution in [2.24, 2.45) is 0 Å². The molecule has 0 nitrogen and oxygen atoms in total. The quantitative estimate of drug-likeness (QED) is 0.380. The van der Waals surface area contributed by atoms with Crippen LogP contribution in [-0.4, -0.2) is 0 Å². The molecule has 0 aliphatic carbocycles. The largest absolute Gasteiger partial charge is 0.142 e. The first-order valence-corrected chi connectivity index (χ1v) is 9.10. The third-order valence-corrected chi connectivity index (χ3v) is 6.75. The lowest BCUT2D eigenvalue weighted by Gasteiger charge is -2.11. The van der Waals surface area contributed by atoms with Crippen molar-refractivity contribution >= 4 is 64.9 Å². The van der Waals surface area contributed by atoms with Gasteiger partial charge in [-0.2, -0.15) is 0 Å². The van der Waals surface area contributed by atoms with Crippen LogP contribution in [0.15, 0.2) is 46.3 Å². The van der Waals surface area contributed by atoms with Crippen molar-refractivity contribution < 1.29 is 0 Å². The number of halogens is 3. The van der Waals surface area contributed by atoms with Crippen LogP contribution in [-0.2, 0) is 0 Å². The van der Waals surface area contributed by atoms with Gasteiger partial charge in [0, 0.05) is 14.2 Å². The second-order valence-electron chi connectivity index (χ2n) is 4.68. The molecule has 4 heteroatoms. The Hall–Kier alpha value is -0.350. The van der Waals surface area contributed by atoms with Gasteiger partial charge in [0.15, 0.2) is 0 Å². The van der Waals surface area contributed by atoms with E-state index in [9.17, 15) is 0 Å². The standard InChI is InChI=1S/C16H11Br2ClS/c1-9-7-10(5-6-14(9)19)15(18)12-8-20-16-11(12)3-2-4-13(16)17/h2-8,15H,1H3. The third-order valence-electron chi connectivity index (χ3n) is 3.33. The Morgan fingerprint density at radius 3 is 2.75 bits per heavy atom. The maximum Gasteiger partial charge on any atom is 0.0658 e. The first-order chi connectivity index (χ1) is 9.58. The van der Waals surface area contributed by atoms with Gasteiger partial charge in [-0.3, -0.25) is 0 Å². The lowest BCUT2D eigenvalue weighted by molar-refractivity contribution is 1.20. The molecule has 0 aliphatic rings. The fraction of sp³-hybridized carbons (Fsp3) is 0.125. The molecule has 3 rings (SSSR count). The molecule has 0 aliphatic heterocycles. The van der Waals surface area contributed by atoms with Gasteiger partial charge in [0.25, 0.3) is 0 Å². The highest BCUT2D eigenvalue weighted by Gasteiger charge is 2.16. The van der Waals surface area contributed by atoms with Crippen LogP contribution in [0.2, 0.25) is 5.02 Å². The van der Waals surface area contributed by atoms with Gasteiger partial charge >= 0.3 is 0 Å². The summed E-state index contributed by atoms with van der Waals surface area (Å²) in [5.74, 6) is 0. The van der Waals surface area contributed by atoms with E-state index in [1.54, 1.807) is 11.3 Å². The molecule has 0 N–H and O–H groups in total. The number of hydrogen-bond donors (Lipinski definition) is 0. The maximum atomic E-state index is 6.11. The van der Waals surface area contributed by atoms with Crippen LogP contribution < -0.4 is 0 Å². The van der Waals surface area contributed by atoms with Gasteiger partial charge in [-0.05, 0) is 62.4 Å². The van der Waals surface area contributed by atoms with Crippen LogP contribution in [0.1, 0.15) is 21.5 Å². The summed E-state index contributed by atoms with van der Waals surface area (Å²) in [5.41, 5.74) is 3.63. The summed E-state index contributed by atoms with van der Waals surface area (Å²) in [6, 6.07) is 12.5. The number of thiophene rings is 1. The van der Waals surface area contributed by atoms with E-state index in [1.807, 2.05) is 13.0 Å². The fourth-order valence-corrected chi connectivity index (χ4v) is 4.85. The van der Waals surface area contributed by atoms with E-state index in [-0.39, 0.29) is 4.83 Å². The van der Waals surface area contributed by atoms with E-state index in [2.05, 4.69) is 67.6 Å². The Balaban J connectivity index is 2.10. The predicted molar refractivity (Wildman–Crippen MR) is 96.5 cm³/mol. The lowest BCUT2D eigenvalue weighted by atomic mass is 10.0. The number of fused-ring (bicyclic) bond motifs is 1. The molecule has 0 saturated heterocycles. The fourth-order valence-electron chi connectivity index (χ4n) is 2.24. The number of benzene rings is 2. The molecule has 0 amide bonds. The van der Waals surface area contributed by atoms with Crippen LogP contribution in [0.3, 0.4) is 0 Å². The molecule has 0 saturated carbocycles. The second kappa shape index (κ2) is 5.80. The third kappa shape index (κ3) is 2.57. The summed E-state index contributed by atoms with van der Waals surface area (Å²) in [6.45, 7) is 2.04. The van der Waals surface area contributed by atoms with Crippen molar-refractivity contribution in [1.29, 1.82) is 0 Å². The molecule has 1 heterocycles. The zero-order chi connectivity index (χ0) is 14.3. The minimum Gasteiger partial charge on any atom is -0.142 e. The van der Waals surface area contributed by atoms with E-state index in [0.29, 0.717) is 0 Å². The van der Waals surface area contributed by atoms with Gasteiger partial charge in [-0.1, -0.05) is 51.8 Å². The minimum atomic E-state index is 0.182. The van der Waals surface area contributed by atoms with Crippen molar-refractivity contribution in [1.82, 2.24) is 0 Å². The highest BCUT2D eigenvalue weighted by atomic mass is 79.9. The summed E-state index contributed by atoms with van der Waals surface area (Å²) < 4.78 is 2.44. The summed E-state index contributed by atoms with van der Waals surface area (Å²) in [7, 11) is 0. The summed E-state index contributed by atoms with van der Waals surface area (Å²) in [4.78, 5) is 0.182. The summed E-state index contributed by atoms with van der Waals surface area (Å²) >= 11 is 15.3. The highest BCUT2D eigenvalue weighted by Crippen LogP contribution is 2.41. The minimum absolute atomic E-state index is 0.182. The Labute approximate surface area is 144 Å². The van der Waals surface area contributed by atoms with E-state index in [1.165, 1.54) is 21.2 Å². The van der Waals surface area contributed by atoms with Gasteiger partial charge in [-0.15, -0.1) is 11.3 Å². The Morgan fingerprint density at radius 2 is 2.00 bits per heavy atom. The van der Waals surface area contributed by atoms with Crippen molar-refractivity contribution in [3.05, 3.63) is 68.0 Å². The summed E-state index contributed by atoms with van der Waals surface area (Å²) in [6.07, 6.45) is 0. The Bertz CT molecular complexity index is 779. The first-order valence-electron chi connectivity index (χ1n) is 6.13. The van der Waals surface area contributed by atoms with Gasteiger partial charge in [-0.25, -0.2) is 0 Å². The second-order valence-corrected chi connectivity index (χ2v) is 7.74. The highest BCUT2D eigenvalue weighted by molar-refractivity contribution is 9.10. The SMILES string of the molecule is Cc1cc(C(Br)c2csc3c(Br)cccc23)ccc1Cl. The average molecular weight is 431 g/mol. The van der Waals surface area contributed by atoms with Gasteiger partial charge < -0.3 is 0 Å². The van der Waals surface area contributed by atoms with Crippen LogP contribution in [0.5, 0.6) is 0 Å². The lowest BCUT2D eigenvalue weighted by Crippen LogP contribution is -1.92. The topological polar surface area (TPSA) is 0 Å². The molecule has 1 atom stereocenters. The van der Waals surface area contributed by atoms with Crippen LogP contribution in [0, 0.1) is 6.92 Å². The normalized spacial score (nSPS) is 12.8. The number of hydrogen-bond acceptors (Lipinski definition) is 1. The summed E-state index contributed by atoms with van der Waals surface area (Å²) in [5, 5.41) is 4.32. The number of alkyl halides is 1. The van der Waals surface area contributed by atoms with Gasteiger partial charge in [0.1, 0.15) is 0 Å². The molecular weight excluding hydrogens is 420 g/mol. The predicted octanol–water partition coefficient (Wildman–Crippen LogP) is 7.11. The molecular formula is C16H11Br2ClS. The van der Waals surface area contributed by atoms with Crippen LogP contribution in [0.4, 0.5) is 0 Å².